The molecule has 0 bridgehead atoms. The highest BCUT2D eigenvalue weighted by molar-refractivity contribution is 5.96. The van der Waals surface area contributed by atoms with Crippen LogP contribution in [-0.4, -0.2) is 81.6 Å². The maximum absolute atomic E-state index is 14.0. The molecule has 3 atom stereocenters. The van der Waals surface area contributed by atoms with Crippen LogP contribution in [0.4, 0.5) is 5.69 Å². The number of ether oxygens (including phenoxy) is 1. The highest BCUT2D eigenvalue weighted by Gasteiger charge is 2.32. The van der Waals surface area contributed by atoms with Crippen LogP contribution in [-0.2, 0) is 43.5 Å². The van der Waals surface area contributed by atoms with Crippen molar-refractivity contribution in [2.75, 3.05) is 25.5 Å². The molecule has 0 radical (unpaired) electrons. The second-order valence-electron chi connectivity index (χ2n) is 13.0. The number of aromatic amines is 1. The molecule has 4 N–H and O–H groups in total. The van der Waals surface area contributed by atoms with Gasteiger partial charge in [0, 0.05) is 55.7 Å². The van der Waals surface area contributed by atoms with E-state index in [1.54, 1.807) is 40.4 Å². The van der Waals surface area contributed by atoms with Crippen LogP contribution in [0, 0.1) is 5.92 Å². The lowest BCUT2D eigenvalue weighted by atomic mass is 10.0. The first-order valence-corrected chi connectivity index (χ1v) is 17.8. The SMILES string of the molecule is CCC[C@@H](C)C(=O)N[C@@H](CCC)C(=O)NCCCN1Cc2cc(C(=O)N(Cc3ccccc3)Cc3ncc[nH]3)ccc2N[C@H](CC(=O)OC)C1=O. The number of anilines is 1. The van der Waals surface area contributed by atoms with E-state index in [4.69, 9.17) is 4.74 Å². The molecule has 2 aromatic carbocycles. The van der Waals surface area contributed by atoms with Gasteiger partial charge in [-0.1, -0.05) is 63.9 Å². The van der Waals surface area contributed by atoms with E-state index in [-0.39, 0.29) is 62.1 Å². The Morgan fingerprint density at radius 2 is 1.80 bits per heavy atom. The van der Waals surface area contributed by atoms with Gasteiger partial charge in [0.1, 0.15) is 17.9 Å². The predicted octanol–water partition coefficient (Wildman–Crippen LogP) is 4.17. The number of carbonyl (C=O) groups is 5. The second kappa shape index (κ2) is 19.3. The van der Waals surface area contributed by atoms with Crippen molar-refractivity contribution in [3.05, 3.63) is 83.4 Å². The molecular formula is C38H51N7O6. The fraction of sp³-hybridized carbons (Fsp3) is 0.474. The van der Waals surface area contributed by atoms with Crippen LogP contribution in [0.3, 0.4) is 0 Å². The van der Waals surface area contributed by atoms with Crippen molar-refractivity contribution >= 4 is 35.3 Å². The van der Waals surface area contributed by atoms with Crippen molar-refractivity contribution in [2.45, 2.75) is 91.0 Å². The van der Waals surface area contributed by atoms with Crippen molar-refractivity contribution in [1.82, 2.24) is 30.4 Å². The van der Waals surface area contributed by atoms with Gasteiger partial charge in [-0.3, -0.25) is 24.0 Å². The summed E-state index contributed by atoms with van der Waals surface area (Å²) in [4.78, 5) is 76.5. The van der Waals surface area contributed by atoms with Crippen LogP contribution < -0.4 is 16.0 Å². The third kappa shape index (κ3) is 11.1. The number of nitrogens with zero attached hydrogens (tertiary/aromatic N) is 3. The number of hydrogen-bond acceptors (Lipinski definition) is 8. The summed E-state index contributed by atoms with van der Waals surface area (Å²) >= 11 is 0. The van der Waals surface area contributed by atoms with Crippen molar-refractivity contribution < 1.29 is 28.7 Å². The molecule has 4 rings (SSSR count). The van der Waals surface area contributed by atoms with Crippen molar-refractivity contribution in [3.8, 4) is 0 Å². The third-order valence-electron chi connectivity index (χ3n) is 8.93. The van der Waals surface area contributed by atoms with Gasteiger partial charge in [-0.05, 0) is 48.6 Å². The van der Waals surface area contributed by atoms with E-state index in [0.29, 0.717) is 36.5 Å². The Morgan fingerprint density at radius 3 is 2.49 bits per heavy atom. The number of imidazole rings is 1. The van der Waals surface area contributed by atoms with Gasteiger partial charge in [0.05, 0.1) is 20.1 Å². The maximum Gasteiger partial charge on any atom is 0.308 e. The number of benzene rings is 2. The molecule has 2 heterocycles. The molecule has 51 heavy (non-hydrogen) atoms. The number of amides is 4. The molecule has 0 aliphatic carbocycles. The van der Waals surface area contributed by atoms with Crippen LogP contribution >= 0.6 is 0 Å². The van der Waals surface area contributed by atoms with E-state index in [9.17, 15) is 24.0 Å². The number of methoxy groups -OCH3 is 1. The highest BCUT2D eigenvalue weighted by atomic mass is 16.5. The average Bonchev–Trinajstić information content (AvgIpc) is 3.61. The summed E-state index contributed by atoms with van der Waals surface area (Å²) in [6, 6.07) is 13.5. The van der Waals surface area contributed by atoms with E-state index < -0.39 is 18.1 Å². The number of nitrogens with one attached hydrogen (secondary N) is 4. The summed E-state index contributed by atoms with van der Waals surface area (Å²) < 4.78 is 4.87. The average molecular weight is 702 g/mol. The van der Waals surface area contributed by atoms with Crippen LogP contribution in [0.15, 0.2) is 60.9 Å². The van der Waals surface area contributed by atoms with Gasteiger partial charge in [-0.2, -0.15) is 0 Å². The topological polar surface area (TPSA) is 166 Å². The van der Waals surface area contributed by atoms with Gasteiger partial charge in [0.15, 0.2) is 0 Å². The van der Waals surface area contributed by atoms with Gasteiger partial charge >= 0.3 is 5.97 Å². The minimum atomic E-state index is -0.877. The van der Waals surface area contributed by atoms with E-state index >= 15 is 0 Å². The van der Waals surface area contributed by atoms with Gasteiger partial charge in [0.2, 0.25) is 17.7 Å². The number of hydrogen-bond donors (Lipinski definition) is 4. The van der Waals surface area contributed by atoms with Crippen molar-refractivity contribution in [2.24, 2.45) is 5.92 Å². The van der Waals surface area contributed by atoms with Gasteiger partial charge in [-0.15, -0.1) is 0 Å². The number of rotatable bonds is 18. The predicted molar refractivity (Wildman–Crippen MR) is 193 cm³/mol. The summed E-state index contributed by atoms with van der Waals surface area (Å²) in [5.41, 5.74) is 2.77. The third-order valence-corrected chi connectivity index (χ3v) is 8.93. The van der Waals surface area contributed by atoms with Crippen molar-refractivity contribution in [3.63, 3.8) is 0 Å². The van der Waals surface area contributed by atoms with Crippen LogP contribution in [0.25, 0.3) is 0 Å². The minimum Gasteiger partial charge on any atom is -0.469 e. The smallest absolute Gasteiger partial charge is 0.308 e. The molecule has 0 spiro atoms. The van der Waals surface area contributed by atoms with Gasteiger partial charge < -0.3 is 35.5 Å². The standard InChI is InChI=1S/C38H51N7O6/c1-5-11-26(3)35(47)43-31(12-6-2)36(48)41-17-10-20-44-24-29-21-28(15-16-30(29)42-32(38(44)50)22-34(46)51-4)37(49)45(25-33-39-18-19-40-33)23-27-13-8-7-9-14-27/h7-9,13-16,18-19,21,26,31-32,42H,5-6,10-12,17,20,22-25H2,1-4H3,(H,39,40)(H,41,48)(H,43,47)/t26-,31+,32-/m1/s1. The van der Waals surface area contributed by atoms with E-state index in [1.807, 2.05) is 51.1 Å². The zero-order valence-corrected chi connectivity index (χ0v) is 30.1. The molecule has 0 unspecified atom stereocenters. The Kier molecular flexibility index (Phi) is 14.6. The number of H-pyrrole nitrogens is 1. The Hall–Kier alpha value is -5.20. The normalized spacial score (nSPS) is 15.1. The first-order chi connectivity index (χ1) is 24.6. The Labute approximate surface area is 299 Å². The molecule has 13 heteroatoms. The molecule has 0 saturated carbocycles. The highest BCUT2D eigenvalue weighted by Crippen LogP contribution is 2.27. The molecule has 274 valence electrons. The molecule has 0 fully saturated rings. The Bertz CT molecular complexity index is 1610. The zero-order chi connectivity index (χ0) is 36.8. The molecule has 1 aromatic heterocycles. The van der Waals surface area contributed by atoms with E-state index in [0.717, 1.165) is 30.4 Å². The van der Waals surface area contributed by atoms with Crippen LogP contribution in [0.1, 0.15) is 86.6 Å². The minimum absolute atomic E-state index is 0.134. The first kappa shape index (κ1) is 38.6. The lowest BCUT2D eigenvalue weighted by Gasteiger charge is -2.25. The molecule has 13 nitrogen and oxygen atoms in total. The lowest BCUT2D eigenvalue weighted by Crippen LogP contribution is -2.48. The first-order valence-electron chi connectivity index (χ1n) is 17.8. The number of esters is 1. The zero-order valence-electron chi connectivity index (χ0n) is 30.1. The summed E-state index contributed by atoms with van der Waals surface area (Å²) in [6.45, 7) is 7.24. The summed E-state index contributed by atoms with van der Waals surface area (Å²) in [5, 5.41) is 9.02. The largest absolute Gasteiger partial charge is 0.469 e. The van der Waals surface area contributed by atoms with E-state index in [2.05, 4.69) is 25.9 Å². The van der Waals surface area contributed by atoms with Crippen molar-refractivity contribution in [1.29, 1.82) is 0 Å². The molecular weight excluding hydrogens is 650 g/mol. The monoisotopic (exact) mass is 701 g/mol. The fourth-order valence-corrected chi connectivity index (χ4v) is 6.12. The number of aromatic nitrogens is 2. The quantitative estimate of drug-likeness (QED) is 0.113. The molecule has 4 amide bonds. The molecule has 1 aliphatic heterocycles. The molecule has 3 aromatic rings. The summed E-state index contributed by atoms with van der Waals surface area (Å²) in [6.07, 6.45) is 6.50. The Morgan fingerprint density at radius 1 is 1.04 bits per heavy atom. The van der Waals surface area contributed by atoms with Gasteiger partial charge in [-0.25, -0.2) is 4.98 Å². The van der Waals surface area contributed by atoms with Crippen LogP contribution in [0.5, 0.6) is 0 Å². The van der Waals surface area contributed by atoms with Gasteiger partial charge in [0.25, 0.3) is 5.91 Å². The second-order valence-corrected chi connectivity index (χ2v) is 13.0. The molecule has 0 saturated heterocycles. The van der Waals surface area contributed by atoms with E-state index in [1.165, 1.54) is 7.11 Å². The van der Waals surface area contributed by atoms with Crippen LogP contribution in [0.2, 0.25) is 0 Å². The summed E-state index contributed by atoms with van der Waals surface area (Å²) in [5.74, 6) is -0.943. The number of carbonyl (C=O) groups excluding carboxylic acids is 5. The Balaban J connectivity index is 1.49. The lowest BCUT2D eigenvalue weighted by molar-refractivity contribution is -0.144. The molecule has 1 aliphatic rings. The number of fused-ring (bicyclic) bond motifs is 1. The fourth-order valence-electron chi connectivity index (χ4n) is 6.12. The summed E-state index contributed by atoms with van der Waals surface area (Å²) in [7, 11) is 1.28. The maximum atomic E-state index is 14.0.